The van der Waals surface area contributed by atoms with Crippen molar-refractivity contribution in [2.75, 3.05) is 32.9 Å². The van der Waals surface area contributed by atoms with Gasteiger partial charge in [-0.1, -0.05) is 0 Å². The molecule has 0 radical (unpaired) electrons. The van der Waals surface area contributed by atoms with Crippen molar-refractivity contribution < 1.29 is 37.3 Å². The first-order valence-corrected chi connectivity index (χ1v) is 7.98. The van der Waals surface area contributed by atoms with Crippen LogP contribution in [-0.4, -0.2) is 66.0 Å². The zero-order chi connectivity index (χ0) is 18.9. The second-order valence-electron chi connectivity index (χ2n) is 6.43. The number of likely N-dealkylation sites (tertiary alicyclic amines) is 1. The van der Waals surface area contributed by atoms with Crippen LogP contribution in [0.15, 0.2) is 18.3 Å². The summed E-state index contributed by atoms with van der Waals surface area (Å²) in [4.78, 5) is 29.6. The first kappa shape index (κ1) is 18.4. The molecule has 0 bridgehead atoms. The van der Waals surface area contributed by atoms with Gasteiger partial charge < -0.3 is 19.5 Å². The minimum Gasteiger partial charge on any atom is -0.481 e. The number of carbonyl (C=O) groups is 2. The van der Waals surface area contributed by atoms with Crippen LogP contribution in [0.1, 0.15) is 16.8 Å². The Morgan fingerprint density at radius 3 is 2.88 bits per heavy atom. The SMILES string of the molecule is O=C(c1cccnc1OCC(F)(F)F)N1C[C@H]2COCC[C@@]2(C(=O)O)C1. The lowest BCUT2D eigenvalue weighted by atomic mass is 9.74. The average molecular weight is 374 g/mol. The van der Waals surface area contributed by atoms with Gasteiger partial charge in [0, 0.05) is 31.8 Å². The van der Waals surface area contributed by atoms with E-state index in [1.165, 1.54) is 23.2 Å². The van der Waals surface area contributed by atoms with Gasteiger partial charge in [0.2, 0.25) is 5.88 Å². The number of aliphatic carboxylic acids is 1. The second-order valence-corrected chi connectivity index (χ2v) is 6.43. The number of ether oxygens (including phenoxy) is 2. The number of aromatic nitrogens is 1. The number of fused-ring (bicyclic) bond motifs is 1. The summed E-state index contributed by atoms with van der Waals surface area (Å²) in [6.07, 6.45) is -3.06. The fraction of sp³-hybridized carbons (Fsp3) is 0.562. The number of carboxylic acids is 1. The molecule has 142 valence electrons. The molecule has 10 heteroatoms. The number of carbonyl (C=O) groups excluding carboxylic acids is 1. The maximum atomic E-state index is 12.8. The third-order valence-corrected chi connectivity index (χ3v) is 4.79. The summed E-state index contributed by atoms with van der Waals surface area (Å²) in [5.41, 5.74) is -1.22. The Kier molecular flexibility index (Phi) is 4.78. The van der Waals surface area contributed by atoms with Gasteiger partial charge in [0.1, 0.15) is 5.56 Å². The predicted octanol–water partition coefficient (Wildman–Crippen LogP) is 1.59. The van der Waals surface area contributed by atoms with E-state index in [0.29, 0.717) is 0 Å². The van der Waals surface area contributed by atoms with E-state index in [1.54, 1.807) is 0 Å². The van der Waals surface area contributed by atoms with Gasteiger partial charge in [-0.3, -0.25) is 9.59 Å². The molecule has 2 aliphatic rings. The van der Waals surface area contributed by atoms with Crippen molar-refractivity contribution in [3.8, 4) is 5.88 Å². The zero-order valence-corrected chi connectivity index (χ0v) is 13.7. The van der Waals surface area contributed by atoms with Gasteiger partial charge in [-0.2, -0.15) is 13.2 Å². The standard InChI is InChI=1S/C16H17F3N2O5/c17-16(18,19)9-26-12-11(2-1-4-20-12)13(22)21-6-10-7-25-5-3-15(10,8-21)14(23)24/h1-2,4,10H,3,5-9H2,(H,23,24)/t10-,15+/m0/s1. The van der Waals surface area contributed by atoms with Crippen molar-refractivity contribution >= 4 is 11.9 Å². The maximum absolute atomic E-state index is 12.8. The van der Waals surface area contributed by atoms with Crippen LogP contribution in [0.4, 0.5) is 13.2 Å². The molecule has 2 atom stereocenters. The maximum Gasteiger partial charge on any atom is 0.422 e. The van der Waals surface area contributed by atoms with E-state index in [2.05, 4.69) is 9.72 Å². The van der Waals surface area contributed by atoms with Gasteiger partial charge >= 0.3 is 12.1 Å². The highest BCUT2D eigenvalue weighted by molar-refractivity contribution is 5.97. The van der Waals surface area contributed by atoms with Crippen LogP contribution in [0.3, 0.4) is 0 Å². The van der Waals surface area contributed by atoms with Crippen molar-refractivity contribution in [1.82, 2.24) is 9.88 Å². The van der Waals surface area contributed by atoms with Crippen molar-refractivity contribution in [3.05, 3.63) is 23.9 Å². The van der Waals surface area contributed by atoms with E-state index < -0.39 is 36.0 Å². The summed E-state index contributed by atoms with van der Waals surface area (Å²) in [5, 5.41) is 9.64. The molecule has 2 fully saturated rings. The monoisotopic (exact) mass is 374 g/mol. The number of nitrogens with zero attached hydrogens (tertiary/aromatic N) is 2. The Bertz CT molecular complexity index is 711. The molecule has 1 aromatic rings. The molecule has 3 heterocycles. The smallest absolute Gasteiger partial charge is 0.422 e. The molecule has 1 aromatic heterocycles. The number of hydrogen-bond donors (Lipinski definition) is 1. The molecule has 3 rings (SSSR count). The average Bonchev–Trinajstić information content (AvgIpc) is 3.00. The molecule has 0 aromatic carbocycles. The Balaban J connectivity index is 1.81. The highest BCUT2D eigenvalue weighted by atomic mass is 19.4. The third-order valence-electron chi connectivity index (χ3n) is 4.79. The summed E-state index contributed by atoms with van der Waals surface area (Å²) < 4.78 is 47.1. The number of hydrogen-bond acceptors (Lipinski definition) is 5. The Morgan fingerprint density at radius 2 is 2.23 bits per heavy atom. The number of amides is 1. The number of rotatable bonds is 4. The normalized spacial score (nSPS) is 25.7. The van der Waals surface area contributed by atoms with E-state index >= 15 is 0 Å². The molecular weight excluding hydrogens is 357 g/mol. The first-order valence-electron chi connectivity index (χ1n) is 7.98. The number of carboxylic acid groups (broad SMARTS) is 1. The van der Waals surface area contributed by atoms with Crippen LogP contribution >= 0.6 is 0 Å². The third kappa shape index (κ3) is 3.46. The number of alkyl halides is 3. The molecule has 7 nitrogen and oxygen atoms in total. The summed E-state index contributed by atoms with van der Waals surface area (Å²) >= 11 is 0. The van der Waals surface area contributed by atoms with E-state index in [4.69, 9.17) is 4.74 Å². The fourth-order valence-electron chi connectivity index (χ4n) is 3.44. The van der Waals surface area contributed by atoms with Crippen LogP contribution in [0.5, 0.6) is 5.88 Å². The Morgan fingerprint density at radius 1 is 1.46 bits per heavy atom. The lowest BCUT2D eigenvalue weighted by Crippen LogP contribution is -2.45. The van der Waals surface area contributed by atoms with Crippen LogP contribution in [0.25, 0.3) is 0 Å². The lowest BCUT2D eigenvalue weighted by molar-refractivity contribution is -0.157. The van der Waals surface area contributed by atoms with Crippen molar-refractivity contribution in [2.24, 2.45) is 11.3 Å². The number of halogens is 3. The van der Waals surface area contributed by atoms with Crippen LogP contribution in [0.2, 0.25) is 0 Å². The predicted molar refractivity (Wildman–Crippen MR) is 80.7 cm³/mol. The molecule has 1 N–H and O–H groups in total. The summed E-state index contributed by atoms with van der Waals surface area (Å²) in [5.74, 6) is -2.40. The molecule has 0 aliphatic carbocycles. The summed E-state index contributed by atoms with van der Waals surface area (Å²) in [7, 11) is 0. The van der Waals surface area contributed by atoms with Crippen LogP contribution in [0, 0.1) is 11.3 Å². The number of pyridine rings is 1. The highest BCUT2D eigenvalue weighted by Gasteiger charge is 2.55. The zero-order valence-electron chi connectivity index (χ0n) is 13.7. The summed E-state index contributed by atoms with van der Waals surface area (Å²) in [6.45, 7) is -0.931. The van der Waals surface area contributed by atoms with Gasteiger partial charge in [0.25, 0.3) is 5.91 Å². The molecular formula is C16H17F3N2O5. The first-order chi connectivity index (χ1) is 12.2. The van der Waals surface area contributed by atoms with Crippen molar-refractivity contribution in [1.29, 1.82) is 0 Å². The van der Waals surface area contributed by atoms with Gasteiger partial charge in [-0.25, -0.2) is 4.98 Å². The van der Waals surface area contributed by atoms with Gasteiger partial charge in [-0.15, -0.1) is 0 Å². The van der Waals surface area contributed by atoms with E-state index in [1.807, 2.05) is 0 Å². The van der Waals surface area contributed by atoms with Crippen LogP contribution < -0.4 is 4.74 Å². The fourth-order valence-corrected chi connectivity index (χ4v) is 3.44. The van der Waals surface area contributed by atoms with Crippen LogP contribution in [-0.2, 0) is 9.53 Å². The van der Waals surface area contributed by atoms with E-state index in [9.17, 15) is 27.9 Å². The van der Waals surface area contributed by atoms with E-state index in [-0.39, 0.29) is 44.2 Å². The largest absolute Gasteiger partial charge is 0.481 e. The molecule has 0 unspecified atom stereocenters. The molecule has 0 saturated carbocycles. The molecule has 1 amide bonds. The lowest BCUT2D eigenvalue weighted by Gasteiger charge is -2.33. The van der Waals surface area contributed by atoms with Crippen molar-refractivity contribution in [3.63, 3.8) is 0 Å². The van der Waals surface area contributed by atoms with Gasteiger partial charge in [0.15, 0.2) is 6.61 Å². The van der Waals surface area contributed by atoms with Crippen molar-refractivity contribution in [2.45, 2.75) is 12.6 Å². The van der Waals surface area contributed by atoms with Gasteiger partial charge in [0.05, 0.1) is 12.0 Å². The molecule has 0 spiro atoms. The summed E-state index contributed by atoms with van der Waals surface area (Å²) in [6, 6.07) is 2.72. The second kappa shape index (κ2) is 6.75. The minimum atomic E-state index is -4.56. The molecule has 2 saturated heterocycles. The van der Waals surface area contributed by atoms with Gasteiger partial charge in [-0.05, 0) is 18.6 Å². The Hall–Kier alpha value is -2.36. The van der Waals surface area contributed by atoms with E-state index in [0.717, 1.165) is 0 Å². The quantitative estimate of drug-likeness (QED) is 0.861. The molecule has 26 heavy (non-hydrogen) atoms. The highest BCUT2D eigenvalue weighted by Crippen LogP contribution is 2.43. The minimum absolute atomic E-state index is 0.0250. The topological polar surface area (TPSA) is 89.0 Å². The molecule has 2 aliphatic heterocycles. The Labute approximate surface area is 146 Å².